The molecule has 0 aromatic carbocycles. The van der Waals surface area contributed by atoms with Gasteiger partial charge in [-0.2, -0.15) is 14.9 Å². The lowest BCUT2D eigenvalue weighted by Crippen LogP contribution is -2.44. The zero-order chi connectivity index (χ0) is 20.5. The van der Waals surface area contributed by atoms with Crippen molar-refractivity contribution in [1.29, 1.82) is 0 Å². The Bertz CT molecular complexity index is 1290. The van der Waals surface area contributed by atoms with Crippen molar-refractivity contribution in [1.82, 2.24) is 34.5 Å². The molecule has 30 heavy (non-hydrogen) atoms. The zero-order valence-electron chi connectivity index (χ0n) is 16.4. The van der Waals surface area contributed by atoms with E-state index < -0.39 is 0 Å². The van der Waals surface area contributed by atoms with Crippen molar-refractivity contribution in [2.75, 3.05) is 24.7 Å². The van der Waals surface area contributed by atoms with Crippen LogP contribution in [0, 0.1) is 11.8 Å². The SMILES string of the molecule is C[C@@H]1COCCN1c1cc(C#CCn2cc[nH]c2=O)c2cnn(-c3ccn[nH]3)c2n1. The standard InChI is InChI=1S/C20H20N8O2/c1-14-13-30-10-9-27(14)18-11-15(3-2-7-26-8-6-21-20(26)29)16-12-23-28(19(16)24-18)17-4-5-22-25-17/h4-6,8,11-12,14H,7,9-10,13H2,1H3,(H,21,29)(H,22,25)/t14-/m1/s1. The normalized spacial score (nSPS) is 16.6. The van der Waals surface area contributed by atoms with Crippen LogP contribution in [0.1, 0.15) is 12.5 Å². The quantitative estimate of drug-likeness (QED) is 0.491. The first-order valence-corrected chi connectivity index (χ1v) is 9.66. The number of hydrogen-bond donors (Lipinski definition) is 2. The lowest BCUT2D eigenvalue weighted by molar-refractivity contribution is 0.0985. The van der Waals surface area contributed by atoms with Gasteiger partial charge in [-0.05, 0) is 13.0 Å². The largest absolute Gasteiger partial charge is 0.377 e. The lowest BCUT2D eigenvalue weighted by atomic mass is 10.1. The number of fused-ring (bicyclic) bond motifs is 1. The molecule has 0 spiro atoms. The molecule has 5 heterocycles. The summed E-state index contributed by atoms with van der Waals surface area (Å²) in [7, 11) is 0. The maximum absolute atomic E-state index is 11.7. The Labute approximate surface area is 171 Å². The van der Waals surface area contributed by atoms with Crippen LogP contribution in [-0.4, -0.2) is 60.3 Å². The van der Waals surface area contributed by atoms with Crippen molar-refractivity contribution in [2.24, 2.45) is 0 Å². The Balaban J connectivity index is 1.61. The van der Waals surface area contributed by atoms with E-state index in [0.29, 0.717) is 25.4 Å². The van der Waals surface area contributed by atoms with E-state index in [1.165, 1.54) is 4.57 Å². The molecule has 1 saturated heterocycles. The Hall–Kier alpha value is -3.84. The number of anilines is 1. The predicted octanol–water partition coefficient (Wildman–Crippen LogP) is 0.910. The van der Waals surface area contributed by atoms with E-state index in [4.69, 9.17) is 9.72 Å². The minimum absolute atomic E-state index is 0.181. The number of rotatable bonds is 3. The topological polar surface area (TPSA) is 110 Å². The second-order valence-electron chi connectivity index (χ2n) is 7.08. The van der Waals surface area contributed by atoms with Crippen LogP contribution in [0.3, 0.4) is 0 Å². The highest BCUT2D eigenvalue weighted by atomic mass is 16.5. The molecular formula is C20H20N8O2. The van der Waals surface area contributed by atoms with Crippen molar-refractivity contribution in [3.05, 3.63) is 53.0 Å². The fraction of sp³-hybridized carbons (Fsp3) is 0.300. The molecule has 4 aromatic rings. The highest BCUT2D eigenvalue weighted by Crippen LogP contribution is 2.26. The number of ether oxygens (including phenoxy) is 1. The molecule has 0 bridgehead atoms. The number of nitrogens with zero attached hydrogens (tertiary/aromatic N) is 6. The molecule has 0 aliphatic carbocycles. The number of nitrogens with one attached hydrogen (secondary N) is 2. The molecule has 0 amide bonds. The van der Waals surface area contributed by atoms with Crippen LogP contribution in [0.15, 0.2) is 41.7 Å². The summed E-state index contributed by atoms with van der Waals surface area (Å²) in [6, 6.07) is 4.02. The average molecular weight is 404 g/mol. The molecule has 5 rings (SSSR count). The summed E-state index contributed by atoms with van der Waals surface area (Å²) in [5.41, 5.74) is 1.32. The van der Waals surface area contributed by atoms with E-state index >= 15 is 0 Å². The van der Waals surface area contributed by atoms with E-state index in [9.17, 15) is 4.79 Å². The van der Waals surface area contributed by atoms with Gasteiger partial charge >= 0.3 is 5.69 Å². The van der Waals surface area contributed by atoms with Crippen LogP contribution >= 0.6 is 0 Å². The van der Waals surface area contributed by atoms with E-state index in [1.54, 1.807) is 29.5 Å². The lowest BCUT2D eigenvalue weighted by Gasteiger charge is -2.34. The van der Waals surface area contributed by atoms with Gasteiger partial charge in [-0.1, -0.05) is 11.8 Å². The fourth-order valence-corrected chi connectivity index (χ4v) is 3.54. The Kier molecular flexibility index (Phi) is 4.57. The number of imidazole rings is 1. The van der Waals surface area contributed by atoms with Crippen molar-refractivity contribution in [3.8, 4) is 17.7 Å². The average Bonchev–Trinajstić information content (AvgIpc) is 3.49. The van der Waals surface area contributed by atoms with Crippen LogP contribution in [0.4, 0.5) is 5.82 Å². The summed E-state index contributed by atoms with van der Waals surface area (Å²) in [4.78, 5) is 21.4. The van der Waals surface area contributed by atoms with Crippen LogP contribution in [0.25, 0.3) is 16.9 Å². The first-order valence-electron chi connectivity index (χ1n) is 9.66. The summed E-state index contributed by atoms with van der Waals surface area (Å²) >= 11 is 0. The van der Waals surface area contributed by atoms with E-state index in [0.717, 1.165) is 29.1 Å². The third-order valence-electron chi connectivity index (χ3n) is 5.10. The zero-order valence-corrected chi connectivity index (χ0v) is 16.4. The Morgan fingerprint density at radius 2 is 2.33 bits per heavy atom. The summed E-state index contributed by atoms with van der Waals surface area (Å²) in [6.07, 6.45) is 6.70. The molecule has 10 heteroatoms. The minimum atomic E-state index is -0.181. The highest BCUT2D eigenvalue weighted by Gasteiger charge is 2.22. The van der Waals surface area contributed by atoms with E-state index in [1.807, 2.05) is 12.1 Å². The molecule has 10 nitrogen and oxygen atoms in total. The Morgan fingerprint density at radius 1 is 1.40 bits per heavy atom. The van der Waals surface area contributed by atoms with Crippen LogP contribution in [-0.2, 0) is 11.3 Å². The second kappa shape index (κ2) is 7.53. The van der Waals surface area contributed by atoms with Gasteiger partial charge in [0.25, 0.3) is 0 Å². The van der Waals surface area contributed by atoms with Crippen LogP contribution < -0.4 is 10.6 Å². The molecule has 0 unspecified atom stereocenters. The van der Waals surface area contributed by atoms with Gasteiger partial charge in [0.1, 0.15) is 5.82 Å². The van der Waals surface area contributed by atoms with Gasteiger partial charge in [-0.15, -0.1) is 0 Å². The molecule has 1 atom stereocenters. The molecule has 0 radical (unpaired) electrons. The number of H-pyrrole nitrogens is 2. The number of aromatic amines is 2. The Morgan fingerprint density at radius 3 is 3.10 bits per heavy atom. The minimum Gasteiger partial charge on any atom is -0.377 e. The fourth-order valence-electron chi connectivity index (χ4n) is 3.54. The highest BCUT2D eigenvalue weighted by molar-refractivity contribution is 5.85. The molecular weight excluding hydrogens is 384 g/mol. The predicted molar refractivity (Wildman–Crippen MR) is 111 cm³/mol. The number of morpholine rings is 1. The molecule has 152 valence electrons. The van der Waals surface area contributed by atoms with Crippen molar-refractivity contribution >= 4 is 16.9 Å². The van der Waals surface area contributed by atoms with Gasteiger partial charge in [-0.25, -0.2) is 9.78 Å². The summed E-state index contributed by atoms with van der Waals surface area (Å²) < 4.78 is 8.81. The van der Waals surface area contributed by atoms with E-state index in [-0.39, 0.29) is 11.7 Å². The smallest absolute Gasteiger partial charge is 0.326 e. The summed E-state index contributed by atoms with van der Waals surface area (Å²) in [5.74, 6) is 7.84. The number of pyridine rings is 1. The van der Waals surface area contributed by atoms with Gasteiger partial charge < -0.3 is 14.6 Å². The van der Waals surface area contributed by atoms with Crippen molar-refractivity contribution in [3.63, 3.8) is 0 Å². The monoisotopic (exact) mass is 404 g/mol. The third kappa shape index (κ3) is 3.25. The maximum atomic E-state index is 11.7. The van der Waals surface area contributed by atoms with Gasteiger partial charge in [0.05, 0.1) is 43.6 Å². The second-order valence-corrected chi connectivity index (χ2v) is 7.08. The molecule has 1 aliphatic heterocycles. The summed E-state index contributed by atoms with van der Waals surface area (Å²) in [5, 5.41) is 12.3. The van der Waals surface area contributed by atoms with Gasteiger partial charge in [0.2, 0.25) is 0 Å². The van der Waals surface area contributed by atoms with Crippen LogP contribution in [0.2, 0.25) is 0 Å². The maximum Gasteiger partial charge on any atom is 0.326 e. The first-order chi connectivity index (χ1) is 14.7. The number of aromatic nitrogens is 7. The molecule has 1 aliphatic rings. The molecule has 4 aromatic heterocycles. The van der Waals surface area contributed by atoms with Crippen LogP contribution in [0.5, 0.6) is 0 Å². The first kappa shape index (κ1) is 18.2. The molecule has 0 saturated carbocycles. The third-order valence-corrected chi connectivity index (χ3v) is 5.10. The van der Waals surface area contributed by atoms with Gasteiger partial charge in [-0.3, -0.25) is 9.67 Å². The molecule has 1 fully saturated rings. The van der Waals surface area contributed by atoms with Gasteiger partial charge in [0.15, 0.2) is 11.5 Å². The van der Waals surface area contributed by atoms with Gasteiger partial charge in [0, 0.05) is 30.6 Å². The van der Waals surface area contributed by atoms with Crippen molar-refractivity contribution < 1.29 is 4.74 Å². The molecule has 2 N–H and O–H groups in total. The summed E-state index contributed by atoms with van der Waals surface area (Å²) in [6.45, 7) is 4.47. The number of hydrogen-bond acceptors (Lipinski definition) is 6. The van der Waals surface area contributed by atoms with Crippen molar-refractivity contribution in [2.45, 2.75) is 19.5 Å². The van der Waals surface area contributed by atoms with E-state index in [2.05, 4.69) is 43.9 Å².